The van der Waals surface area contributed by atoms with Crippen molar-refractivity contribution in [1.82, 2.24) is 10.1 Å². The molecule has 5 nitrogen and oxygen atoms in total. The summed E-state index contributed by atoms with van der Waals surface area (Å²) in [5.41, 5.74) is 7.83. The van der Waals surface area contributed by atoms with Crippen molar-refractivity contribution in [1.29, 1.82) is 0 Å². The van der Waals surface area contributed by atoms with E-state index in [1.807, 2.05) is 31.2 Å². The Hall–Kier alpha value is -1.72. The van der Waals surface area contributed by atoms with Crippen molar-refractivity contribution >= 4 is 0 Å². The van der Waals surface area contributed by atoms with Gasteiger partial charge in [0.1, 0.15) is 0 Å². The monoisotopic (exact) mass is 233 g/mol. The molecule has 1 heterocycles. The lowest BCUT2D eigenvalue weighted by atomic mass is 10.1. The molecule has 0 saturated carbocycles. The van der Waals surface area contributed by atoms with E-state index in [2.05, 4.69) is 10.1 Å². The highest BCUT2D eigenvalue weighted by molar-refractivity contribution is 5.54. The van der Waals surface area contributed by atoms with Gasteiger partial charge in [-0.1, -0.05) is 35.0 Å². The lowest BCUT2D eigenvalue weighted by molar-refractivity contribution is 0.259. The van der Waals surface area contributed by atoms with E-state index in [1.165, 1.54) is 5.56 Å². The number of benzene rings is 1. The summed E-state index contributed by atoms with van der Waals surface area (Å²) in [5, 5.41) is 12.7. The molecule has 0 aliphatic carbocycles. The van der Waals surface area contributed by atoms with Crippen molar-refractivity contribution in [3.05, 3.63) is 35.7 Å². The van der Waals surface area contributed by atoms with E-state index in [1.54, 1.807) is 0 Å². The van der Waals surface area contributed by atoms with Crippen molar-refractivity contribution in [3.8, 4) is 11.4 Å². The molecule has 90 valence electrons. The van der Waals surface area contributed by atoms with Crippen LogP contribution in [0.2, 0.25) is 0 Å². The van der Waals surface area contributed by atoms with E-state index >= 15 is 0 Å². The average Bonchev–Trinajstić information content (AvgIpc) is 2.80. The van der Waals surface area contributed by atoms with E-state index in [0.29, 0.717) is 18.1 Å². The van der Waals surface area contributed by atoms with Crippen LogP contribution in [0.5, 0.6) is 0 Å². The average molecular weight is 233 g/mol. The molecule has 0 spiro atoms. The molecule has 0 bridgehead atoms. The number of aromatic nitrogens is 2. The Bertz CT molecular complexity index is 479. The van der Waals surface area contributed by atoms with Crippen LogP contribution in [-0.2, 0) is 0 Å². The fourth-order valence-corrected chi connectivity index (χ4v) is 1.47. The predicted octanol–water partition coefficient (Wildman–Crippen LogP) is 1.43. The van der Waals surface area contributed by atoms with Crippen molar-refractivity contribution < 1.29 is 9.63 Å². The van der Waals surface area contributed by atoms with Gasteiger partial charge in [-0.3, -0.25) is 0 Å². The van der Waals surface area contributed by atoms with Gasteiger partial charge in [0.05, 0.1) is 6.04 Å². The minimum Gasteiger partial charge on any atom is -0.396 e. The van der Waals surface area contributed by atoms with Crippen LogP contribution in [0.1, 0.15) is 23.9 Å². The highest BCUT2D eigenvalue weighted by Crippen LogP contribution is 2.19. The summed E-state index contributed by atoms with van der Waals surface area (Å²) >= 11 is 0. The minimum absolute atomic E-state index is 0.00338. The normalized spacial score (nSPS) is 12.6. The molecule has 2 rings (SSSR count). The summed E-state index contributed by atoms with van der Waals surface area (Å²) in [7, 11) is 0. The number of rotatable bonds is 4. The van der Waals surface area contributed by atoms with Crippen molar-refractivity contribution in [2.24, 2.45) is 5.73 Å². The van der Waals surface area contributed by atoms with Crippen LogP contribution in [0.15, 0.2) is 28.8 Å². The van der Waals surface area contributed by atoms with Crippen LogP contribution in [0.25, 0.3) is 11.4 Å². The molecule has 0 aliphatic heterocycles. The van der Waals surface area contributed by atoms with Gasteiger partial charge in [-0.05, 0) is 13.3 Å². The number of aryl methyl sites for hydroxylation is 1. The summed E-state index contributed by atoms with van der Waals surface area (Å²) in [6.45, 7) is 2.02. The number of hydrogen-bond acceptors (Lipinski definition) is 5. The lowest BCUT2D eigenvalue weighted by Crippen LogP contribution is -2.12. The number of hydrogen-bond donors (Lipinski definition) is 2. The van der Waals surface area contributed by atoms with Crippen LogP contribution < -0.4 is 5.73 Å². The zero-order valence-corrected chi connectivity index (χ0v) is 9.63. The molecule has 3 N–H and O–H groups in total. The quantitative estimate of drug-likeness (QED) is 0.834. The second kappa shape index (κ2) is 5.07. The molecule has 1 atom stereocenters. The Kier molecular flexibility index (Phi) is 3.51. The third-order valence-electron chi connectivity index (χ3n) is 2.51. The highest BCUT2D eigenvalue weighted by Gasteiger charge is 2.14. The second-order valence-electron chi connectivity index (χ2n) is 3.94. The number of nitrogens with zero attached hydrogens (tertiary/aromatic N) is 2. The standard InChI is InChI=1S/C12H15N3O2/c1-8-2-4-9(5-3-8)11-14-12(17-15-11)10(13)6-7-16/h2-5,10,16H,6-7,13H2,1H3. The van der Waals surface area contributed by atoms with Gasteiger partial charge in [-0.25, -0.2) is 0 Å². The van der Waals surface area contributed by atoms with Gasteiger partial charge in [0, 0.05) is 12.2 Å². The zero-order chi connectivity index (χ0) is 12.3. The maximum absolute atomic E-state index is 8.78. The first-order valence-electron chi connectivity index (χ1n) is 5.48. The van der Waals surface area contributed by atoms with Crippen molar-refractivity contribution in [3.63, 3.8) is 0 Å². The molecule has 5 heteroatoms. The van der Waals surface area contributed by atoms with Crippen molar-refractivity contribution in [2.75, 3.05) is 6.61 Å². The van der Waals surface area contributed by atoms with Gasteiger partial charge in [0.15, 0.2) is 0 Å². The first-order chi connectivity index (χ1) is 8.20. The third-order valence-corrected chi connectivity index (χ3v) is 2.51. The molecule has 1 aromatic heterocycles. The third kappa shape index (κ3) is 2.69. The second-order valence-corrected chi connectivity index (χ2v) is 3.94. The van der Waals surface area contributed by atoms with Gasteiger partial charge in [0.2, 0.25) is 11.7 Å². The smallest absolute Gasteiger partial charge is 0.243 e. The Morgan fingerprint density at radius 3 is 2.71 bits per heavy atom. The van der Waals surface area contributed by atoms with Gasteiger partial charge in [-0.15, -0.1) is 0 Å². The molecule has 0 radical (unpaired) electrons. The summed E-state index contributed by atoms with van der Waals surface area (Å²) in [4.78, 5) is 4.21. The Balaban J connectivity index is 2.20. The molecule has 17 heavy (non-hydrogen) atoms. The fraction of sp³-hybridized carbons (Fsp3) is 0.333. The predicted molar refractivity (Wildman–Crippen MR) is 63.1 cm³/mol. The molecular weight excluding hydrogens is 218 g/mol. The topological polar surface area (TPSA) is 85.2 Å². The number of nitrogens with two attached hydrogens (primary N) is 1. The molecule has 0 aliphatic rings. The molecule has 1 unspecified atom stereocenters. The molecule has 0 saturated heterocycles. The highest BCUT2D eigenvalue weighted by atomic mass is 16.5. The van der Waals surface area contributed by atoms with E-state index in [4.69, 9.17) is 15.4 Å². The van der Waals surface area contributed by atoms with Gasteiger partial charge >= 0.3 is 0 Å². The Morgan fingerprint density at radius 1 is 1.35 bits per heavy atom. The molecule has 0 fully saturated rings. The summed E-state index contributed by atoms with van der Waals surface area (Å²) in [5.74, 6) is 0.878. The largest absolute Gasteiger partial charge is 0.396 e. The van der Waals surface area contributed by atoms with E-state index < -0.39 is 6.04 Å². The van der Waals surface area contributed by atoms with E-state index in [9.17, 15) is 0 Å². The fourth-order valence-electron chi connectivity index (χ4n) is 1.47. The van der Waals surface area contributed by atoms with Crippen LogP contribution in [-0.4, -0.2) is 21.9 Å². The zero-order valence-electron chi connectivity index (χ0n) is 9.63. The first-order valence-corrected chi connectivity index (χ1v) is 5.48. The Morgan fingerprint density at radius 2 is 2.06 bits per heavy atom. The van der Waals surface area contributed by atoms with Gasteiger partial charge in [0.25, 0.3) is 0 Å². The molecule has 1 aromatic carbocycles. The summed E-state index contributed by atoms with van der Waals surface area (Å²) in [6, 6.07) is 7.42. The number of aliphatic hydroxyl groups is 1. The van der Waals surface area contributed by atoms with Crippen molar-refractivity contribution in [2.45, 2.75) is 19.4 Å². The molecule has 0 amide bonds. The van der Waals surface area contributed by atoms with E-state index in [0.717, 1.165) is 5.56 Å². The van der Waals surface area contributed by atoms with Crippen LogP contribution in [0, 0.1) is 6.92 Å². The van der Waals surface area contributed by atoms with Crippen LogP contribution in [0.4, 0.5) is 0 Å². The maximum Gasteiger partial charge on any atom is 0.243 e. The van der Waals surface area contributed by atoms with Crippen LogP contribution in [0.3, 0.4) is 0 Å². The summed E-state index contributed by atoms with van der Waals surface area (Å²) < 4.78 is 5.07. The van der Waals surface area contributed by atoms with E-state index in [-0.39, 0.29) is 6.61 Å². The molecular formula is C12H15N3O2. The minimum atomic E-state index is -0.410. The van der Waals surface area contributed by atoms with Gasteiger partial charge in [-0.2, -0.15) is 4.98 Å². The SMILES string of the molecule is Cc1ccc(-c2noc(C(N)CCO)n2)cc1. The van der Waals surface area contributed by atoms with Gasteiger partial charge < -0.3 is 15.4 Å². The van der Waals surface area contributed by atoms with Crippen LogP contribution >= 0.6 is 0 Å². The number of aliphatic hydroxyl groups excluding tert-OH is 1. The molecule has 2 aromatic rings. The lowest BCUT2D eigenvalue weighted by Gasteiger charge is -2.01. The first kappa shape index (κ1) is 11.8. The summed E-state index contributed by atoms with van der Waals surface area (Å²) in [6.07, 6.45) is 0.412. The Labute approximate surface area is 99.3 Å². The maximum atomic E-state index is 8.78.